The van der Waals surface area contributed by atoms with E-state index in [9.17, 15) is 14.5 Å². The number of hydrogen-bond acceptors (Lipinski definition) is 4. The van der Waals surface area contributed by atoms with Crippen LogP contribution in [0.15, 0.2) is 30.5 Å². The lowest BCUT2D eigenvalue weighted by Gasteiger charge is -2.02. The molecule has 0 N–H and O–H groups in total. The van der Waals surface area contributed by atoms with Crippen LogP contribution >= 0.6 is 0 Å². The molecule has 0 aliphatic heterocycles. The van der Waals surface area contributed by atoms with Crippen molar-refractivity contribution in [2.45, 2.75) is 0 Å². The number of para-hydroxylation sites is 2. The lowest BCUT2D eigenvalue weighted by Crippen LogP contribution is -2.04. The van der Waals surface area contributed by atoms with Crippen LogP contribution in [-0.2, 0) is 0 Å². The molecule has 0 fully saturated rings. The average Bonchev–Trinajstić information content (AvgIpc) is 2.70. The number of hydrogen-bond donors (Lipinski definition) is 0. The van der Waals surface area contributed by atoms with E-state index in [0.29, 0.717) is 0 Å². The third-order valence-corrected chi connectivity index (χ3v) is 2.14. The molecule has 0 saturated carbocycles. The van der Waals surface area contributed by atoms with Gasteiger partial charge in [0.2, 0.25) is 5.95 Å². The van der Waals surface area contributed by atoms with E-state index in [1.807, 2.05) is 0 Å². The fraction of sp³-hybridized carbons (Fsp3) is 0. The molecule has 6 nitrogen and oxygen atoms in total. The highest BCUT2D eigenvalue weighted by Crippen LogP contribution is 2.23. The van der Waals surface area contributed by atoms with E-state index in [4.69, 9.17) is 5.26 Å². The lowest BCUT2D eigenvalue weighted by molar-refractivity contribution is -0.384. The quantitative estimate of drug-likeness (QED) is 0.583. The Bertz CT molecular complexity index is 629. The lowest BCUT2D eigenvalue weighted by atomic mass is 10.2. The van der Waals surface area contributed by atoms with E-state index >= 15 is 0 Å². The van der Waals surface area contributed by atoms with E-state index in [2.05, 4.69) is 5.10 Å². The molecule has 1 heterocycles. The van der Waals surface area contributed by atoms with E-state index in [1.165, 1.54) is 24.3 Å². The second-order valence-electron chi connectivity index (χ2n) is 3.12. The molecule has 0 spiro atoms. The van der Waals surface area contributed by atoms with E-state index in [-0.39, 0.29) is 16.9 Å². The summed E-state index contributed by atoms with van der Waals surface area (Å²) in [6.45, 7) is 0. The summed E-state index contributed by atoms with van der Waals surface area (Å²) < 4.78 is 14.4. The van der Waals surface area contributed by atoms with Crippen molar-refractivity contribution in [1.82, 2.24) is 9.78 Å². The number of nitro groups is 1. The molecular weight excluding hydrogens is 227 g/mol. The maximum atomic E-state index is 13.6. The van der Waals surface area contributed by atoms with Gasteiger partial charge in [0.25, 0.3) is 5.69 Å². The molecule has 1 aromatic carbocycles. The summed E-state index contributed by atoms with van der Waals surface area (Å²) in [7, 11) is 0. The van der Waals surface area contributed by atoms with Gasteiger partial charge < -0.3 is 0 Å². The van der Waals surface area contributed by atoms with Crippen molar-refractivity contribution in [1.29, 1.82) is 5.26 Å². The maximum Gasteiger partial charge on any atom is 0.294 e. The van der Waals surface area contributed by atoms with E-state index in [0.717, 1.165) is 10.9 Å². The summed E-state index contributed by atoms with van der Waals surface area (Å²) in [5.74, 6) is -0.915. The highest BCUT2D eigenvalue weighted by Gasteiger charge is 2.19. The zero-order chi connectivity index (χ0) is 12.4. The third-order valence-electron chi connectivity index (χ3n) is 2.14. The maximum absolute atomic E-state index is 13.6. The fourth-order valence-corrected chi connectivity index (χ4v) is 1.37. The van der Waals surface area contributed by atoms with Gasteiger partial charge in [0.15, 0.2) is 0 Å². The van der Waals surface area contributed by atoms with Crippen molar-refractivity contribution in [3.8, 4) is 11.8 Å². The number of nitrogens with zero attached hydrogens (tertiary/aromatic N) is 4. The van der Waals surface area contributed by atoms with Crippen LogP contribution in [-0.4, -0.2) is 14.7 Å². The normalized spacial score (nSPS) is 9.88. The SMILES string of the molecule is N#Cc1cnn(-c2ccccc2[N+](=O)[O-])c1F. The van der Waals surface area contributed by atoms with Crippen LogP contribution in [0.2, 0.25) is 0 Å². The predicted octanol–water partition coefficient (Wildman–Crippen LogP) is 1.79. The third kappa shape index (κ3) is 1.72. The van der Waals surface area contributed by atoms with Gasteiger partial charge >= 0.3 is 0 Å². The van der Waals surface area contributed by atoms with Gasteiger partial charge in [-0.3, -0.25) is 10.1 Å². The second-order valence-corrected chi connectivity index (χ2v) is 3.12. The Morgan fingerprint density at radius 3 is 2.76 bits per heavy atom. The minimum Gasteiger partial charge on any atom is -0.258 e. The number of nitro benzene ring substituents is 1. The average molecular weight is 232 g/mol. The van der Waals surface area contributed by atoms with E-state index in [1.54, 1.807) is 6.07 Å². The Labute approximate surface area is 94.7 Å². The van der Waals surface area contributed by atoms with Gasteiger partial charge in [0.05, 0.1) is 11.1 Å². The van der Waals surface area contributed by atoms with Gasteiger partial charge in [-0.15, -0.1) is 0 Å². The number of rotatable bonds is 2. The van der Waals surface area contributed by atoms with E-state index < -0.39 is 10.9 Å². The highest BCUT2D eigenvalue weighted by molar-refractivity contribution is 5.52. The molecule has 0 bridgehead atoms. The van der Waals surface area contributed by atoms with Crippen molar-refractivity contribution >= 4 is 5.69 Å². The van der Waals surface area contributed by atoms with Gasteiger partial charge in [0.1, 0.15) is 17.3 Å². The van der Waals surface area contributed by atoms with Crippen molar-refractivity contribution in [3.63, 3.8) is 0 Å². The van der Waals surface area contributed by atoms with Crippen LogP contribution in [0.3, 0.4) is 0 Å². The molecule has 17 heavy (non-hydrogen) atoms. The molecule has 2 aromatic rings. The summed E-state index contributed by atoms with van der Waals surface area (Å²) in [5.41, 5.74) is -0.557. The first-order valence-electron chi connectivity index (χ1n) is 4.52. The largest absolute Gasteiger partial charge is 0.294 e. The predicted molar refractivity (Wildman–Crippen MR) is 54.9 cm³/mol. The van der Waals surface area contributed by atoms with Gasteiger partial charge in [0, 0.05) is 6.07 Å². The first kappa shape index (κ1) is 10.8. The number of halogens is 1. The van der Waals surface area contributed by atoms with Crippen LogP contribution in [0.1, 0.15) is 5.56 Å². The molecule has 84 valence electrons. The van der Waals surface area contributed by atoms with Crippen LogP contribution in [0.5, 0.6) is 0 Å². The first-order valence-corrected chi connectivity index (χ1v) is 4.52. The topological polar surface area (TPSA) is 84.8 Å². The molecule has 0 saturated heterocycles. The van der Waals surface area contributed by atoms with Crippen molar-refractivity contribution in [2.75, 3.05) is 0 Å². The molecule has 0 atom stereocenters. The van der Waals surface area contributed by atoms with Crippen LogP contribution in [0.25, 0.3) is 5.69 Å². The molecule has 0 radical (unpaired) electrons. The first-order chi connectivity index (χ1) is 8.15. The molecule has 2 rings (SSSR count). The highest BCUT2D eigenvalue weighted by atomic mass is 19.1. The molecule has 0 amide bonds. The zero-order valence-electron chi connectivity index (χ0n) is 8.37. The van der Waals surface area contributed by atoms with Crippen LogP contribution in [0.4, 0.5) is 10.1 Å². The monoisotopic (exact) mass is 232 g/mol. The zero-order valence-corrected chi connectivity index (χ0v) is 8.37. The smallest absolute Gasteiger partial charge is 0.258 e. The summed E-state index contributed by atoms with van der Waals surface area (Å²) in [5, 5.41) is 23.0. The minimum absolute atomic E-state index is 0.0171. The Morgan fingerprint density at radius 2 is 2.18 bits per heavy atom. The van der Waals surface area contributed by atoms with Gasteiger partial charge in [-0.05, 0) is 6.07 Å². The molecule has 0 unspecified atom stereocenters. The molecule has 0 aliphatic carbocycles. The Balaban J connectivity index is 2.65. The van der Waals surface area contributed by atoms with Crippen molar-refractivity contribution in [2.24, 2.45) is 0 Å². The molecule has 7 heteroatoms. The van der Waals surface area contributed by atoms with Gasteiger partial charge in [-0.2, -0.15) is 19.4 Å². The van der Waals surface area contributed by atoms with Crippen molar-refractivity contribution in [3.05, 3.63) is 52.1 Å². The number of aromatic nitrogens is 2. The summed E-state index contributed by atoms with van der Waals surface area (Å²) in [4.78, 5) is 10.1. The molecule has 0 aliphatic rings. The molecular formula is C10H5FN4O2. The van der Waals surface area contributed by atoms with Crippen molar-refractivity contribution < 1.29 is 9.31 Å². The Morgan fingerprint density at radius 1 is 1.47 bits per heavy atom. The second kappa shape index (κ2) is 4.02. The Kier molecular flexibility index (Phi) is 2.54. The molecule has 1 aromatic heterocycles. The Hall–Kier alpha value is -2.75. The summed E-state index contributed by atoms with van der Waals surface area (Å²) in [6.07, 6.45) is 1.02. The van der Waals surface area contributed by atoms with Gasteiger partial charge in [-0.25, -0.2) is 0 Å². The minimum atomic E-state index is -0.915. The van der Waals surface area contributed by atoms with Crippen LogP contribution in [0, 0.1) is 27.4 Å². The standard InChI is InChI=1S/C10H5FN4O2/c11-10-7(5-12)6-13-14(10)8-3-1-2-4-9(8)15(16)17/h1-4,6H. The fourth-order valence-electron chi connectivity index (χ4n) is 1.37. The van der Waals surface area contributed by atoms with Gasteiger partial charge in [-0.1, -0.05) is 12.1 Å². The number of benzene rings is 1. The summed E-state index contributed by atoms with van der Waals surface area (Å²) >= 11 is 0. The number of nitriles is 1. The van der Waals surface area contributed by atoms with Crippen LogP contribution < -0.4 is 0 Å². The summed E-state index contributed by atoms with van der Waals surface area (Å²) in [6, 6.07) is 7.19.